The molecule has 0 amide bonds. The normalized spacial score (nSPS) is 11.2. The van der Waals surface area contributed by atoms with Crippen molar-refractivity contribution in [3.63, 3.8) is 0 Å². The van der Waals surface area contributed by atoms with Crippen molar-refractivity contribution < 1.29 is 4.42 Å². The van der Waals surface area contributed by atoms with Gasteiger partial charge in [0.1, 0.15) is 0 Å². The molecule has 0 saturated carbocycles. The summed E-state index contributed by atoms with van der Waals surface area (Å²) in [4.78, 5) is 16.8. The van der Waals surface area contributed by atoms with Gasteiger partial charge in [-0.2, -0.15) is 0 Å². The number of aryl methyl sites for hydroxylation is 1. The topological polar surface area (TPSA) is 87.6 Å². The Hall–Kier alpha value is -2.86. The van der Waals surface area contributed by atoms with Crippen LogP contribution < -0.4 is 5.69 Å². The van der Waals surface area contributed by atoms with Crippen LogP contribution in [0.3, 0.4) is 0 Å². The molecule has 0 radical (unpaired) electrons. The quantitative estimate of drug-likeness (QED) is 0.590. The van der Waals surface area contributed by atoms with Crippen molar-refractivity contribution in [1.82, 2.24) is 20.2 Å². The lowest BCUT2D eigenvalue weighted by atomic mass is 10.0. The summed E-state index contributed by atoms with van der Waals surface area (Å²) < 4.78 is 5.46. The Balaban J connectivity index is 1.89. The molecule has 0 aliphatic heterocycles. The Kier molecular flexibility index (Phi) is 3.06. The minimum absolute atomic E-state index is 0.238. The van der Waals surface area contributed by atoms with Crippen LogP contribution in [0.4, 0.5) is 0 Å². The minimum atomic E-state index is -0.238. The summed E-state index contributed by atoms with van der Waals surface area (Å²) in [5, 5.41) is 8.36. The van der Waals surface area contributed by atoms with Crippen LogP contribution in [0.15, 0.2) is 45.6 Å². The largest absolute Gasteiger partial charge is 0.421 e. The average molecular weight is 327 g/mol. The maximum atomic E-state index is 11.4. The van der Waals surface area contributed by atoms with Gasteiger partial charge in [-0.15, -0.1) is 10.2 Å². The van der Waals surface area contributed by atoms with E-state index < -0.39 is 0 Å². The molecule has 2 heterocycles. The fourth-order valence-electron chi connectivity index (χ4n) is 2.53. The number of benzene rings is 2. The van der Waals surface area contributed by atoms with Crippen molar-refractivity contribution >= 4 is 22.6 Å². The maximum Gasteiger partial charge on any atom is 0.323 e. The molecule has 23 heavy (non-hydrogen) atoms. The van der Waals surface area contributed by atoms with E-state index in [0.29, 0.717) is 22.4 Å². The maximum absolute atomic E-state index is 11.4. The summed E-state index contributed by atoms with van der Waals surface area (Å²) in [6.45, 7) is 1.73. The van der Waals surface area contributed by atoms with Crippen molar-refractivity contribution in [3.8, 4) is 22.6 Å². The number of nitrogens with zero attached hydrogens (tertiary/aromatic N) is 2. The van der Waals surface area contributed by atoms with Crippen LogP contribution in [-0.2, 0) is 0 Å². The fraction of sp³-hybridized carbons (Fsp3) is 0.0625. The SMILES string of the molecule is Cc1nnc(-c2cccc(-c3ccc4[nH]c(=O)[nH]c4c3)c2Cl)o1. The molecule has 0 spiro atoms. The van der Waals surface area contributed by atoms with E-state index in [1.54, 1.807) is 6.92 Å². The monoisotopic (exact) mass is 326 g/mol. The van der Waals surface area contributed by atoms with Crippen LogP contribution >= 0.6 is 11.6 Å². The van der Waals surface area contributed by atoms with Gasteiger partial charge in [-0.3, -0.25) is 0 Å². The third kappa shape index (κ3) is 2.33. The second kappa shape index (κ2) is 5.10. The summed E-state index contributed by atoms with van der Waals surface area (Å²) in [6, 6.07) is 11.2. The first-order valence-electron chi connectivity index (χ1n) is 6.93. The van der Waals surface area contributed by atoms with Crippen LogP contribution in [0.2, 0.25) is 5.02 Å². The molecule has 7 heteroatoms. The summed E-state index contributed by atoms with van der Waals surface area (Å²) >= 11 is 6.54. The van der Waals surface area contributed by atoms with Crippen molar-refractivity contribution in [2.45, 2.75) is 6.92 Å². The molecule has 114 valence electrons. The van der Waals surface area contributed by atoms with Gasteiger partial charge < -0.3 is 14.4 Å². The molecule has 0 fully saturated rings. The number of halogens is 1. The van der Waals surface area contributed by atoms with E-state index in [-0.39, 0.29) is 5.69 Å². The van der Waals surface area contributed by atoms with E-state index in [4.69, 9.17) is 16.0 Å². The Labute approximate surface area is 135 Å². The zero-order chi connectivity index (χ0) is 16.0. The minimum Gasteiger partial charge on any atom is -0.421 e. The Bertz CT molecular complexity index is 1080. The number of aromatic nitrogens is 4. The Morgan fingerprint density at radius 3 is 2.61 bits per heavy atom. The van der Waals surface area contributed by atoms with E-state index in [1.807, 2.05) is 36.4 Å². The van der Waals surface area contributed by atoms with Crippen LogP contribution in [0.5, 0.6) is 0 Å². The van der Waals surface area contributed by atoms with Crippen molar-refractivity contribution in [1.29, 1.82) is 0 Å². The van der Waals surface area contributed by atoms with Gasteiger partial charge in [0, 0.05) is 12.5 Å². The second-order valence-electron chi connectivity index (χ2n) is 5.13. The number of H-pyrrole nitrogens is 2. The number of hydrogen-bond acceptors (Lipinski definition) is 4. The Morgan fingerprint density at radius 1 is 1.04 bits per heavy atom. The summed E-state index contributed by atoms with van der Waals surface area (Å²) in [6.07, 6.45) is 0. The van der Waals surface area contributed by atoms with Gasteiger partial charge in [0.2, 0.25) is 11.8 Å². The first-order valence-corrected chi connectivity index (χ1v) is 7.31. The summed E-state index contributed by atoms with van der Waals surface area (Å²) in [5.41, 5.74) is 3.62. The highest BCUT2D eigenvalue weighted by atomic mass is 35.5. The average Bonchev–Trinajstić information content (AvgIpc) is 3.11. The lowest BCUT2D eigenvalue weighted by Crippen LogP contribution is -1.99. The molecule has 0 saturated heterocycles. The van der Waals surface area contributed by atoms with Crippen molar-refractivity contribution in [3.05, 3.63) is 57.8 Å². The van der Waals surface area contributed by atoms with Crippen molar-refractivity contribution in [2.24, 2.45) is 0 Å². The molecule has 0 bridgehead atoms. The van der Waals surface area contributed by atoms with E-state index in [0.717, 1.165) is 22.2 Å². The summed E-state index contributed by atoms with van der Waals surface area (Å²) in [7, 11) is 0. The van der Waals surface area contributed by atoms with Crippen LogP contribution in [0, 0.1) is 6.92 Å². The molecule has 0 atom stereocenters. The smallest absolute Gasteiger partial charge is 0.323 e. The Morgan fingerprint density at radius 2 is 1.83 bits per heavy atom. The molecule has 4 rings (SSSR count). The third-order valence-corrected chi connectivity index (χ3v) is 3.99. The van der Waals surface area contributed by atoms with E-state index in [2.05, 4.69) is 20.2 Å². The highest BCUT2D eigenvalue weighted by Gasteiger charge is 2.14. The number of nitrogens with one attached hydrogen (secondary N) is 2. The predicted molar refractivity (Wildman–Crippen MR) is 87.4 cm³/mol. The first-order chi connectivity index (χ1) is 11.1. The highest BCUT2D eigenvalue weighted by Crippen LogP contribution is 2.36. The van der Waals surface area contributed by atoms with Gasteiger partial charge in [-0.1, -0.05) is 29.8 Å². The van der Waals surface area contributed by atoms with Gasteiger partial charge in [0.15, 0.2) is 0 Å². The second-order valence-corrected chi connectivity index (χ2v) is 5.51. The standard InChI is InChI=1S/C16H11ClN4O2/c1-8-20-21-15(23-8)11-4-2-3-10(14(11)17)9-5-6-12-13(7-9)19-16(22)18-12/h2-7H,1H3,(H2,18,19,22). The molecule has 2 aromatic heterocycles. The van der Waals surface area contributed by atoms with Crippen LogP contribution in [0.1, 0.15) is 5.89 Å². The molecule has 0 aliphatic rings. The van der Waals surface area contributed by atoms with E-state index in [1.165, 1.54) is 0 Å². The van der Waals surface area contributed by atoms with Crippen LogP contribution in [-0.4, -0.2) is 20.2 Å². The van der Waals surface area contributed by atoms with Crippen LogP contribution in [0.25, 0.3) is 33.6 Å². The number of aromatic amines is 2. The van der Waals surface area contributed by atoms with Gasteiger partial charge in [-0.25, -0.2) is 4.79 Å². The number of hydrogen-bond donors (Lipinski definition) is 2. The first kappa shape index (κ1) is 13.8. The number of imidazole rings is 1. The van der Waals surface area contributed by atoms with Gasteiger partial charge in [0.05, 0.1) is 21.6 Å². The lowest BCUT2D eigenvalue weighted by Gasteiger charge is -2.07. The predicted octanol–water partition coefficient (Wildman–Crippen LogP) is 3.54. The molecule has 0 aliphatic carbocycles. The zero-order valence-electron chi connectivity index (χ0n) is 12.1. The third-order valence-electron chi connectivity index (χ3n) is 3.58. The zero-order valence-corrected chi connectivity index (χ0v) is 12.8. The van der Waals surface area contributed by atoms with Gasteiger partial charge in [-0.05, 0) is 23.8 Å². The van der Waals surface area contributed by atoms with E-state index in [9.17, 15) is 4.79 Å². The molecule has 4 aromatic rings. The lowest BCUT2D eigenvalue weighted by molar-refractivity contribution is 0.533. The summed E-state index contributed by atoms with van der Waals surface area (Å²) in [5.74, 6) is 0.860. The molecule has 6 nitrogen and oxygen atoms in total. The van der Waals surface area contributed by atoms with Gasteiger partial charge >= 0.3 is 5.69 Å². The molecular weight excluding hydrogens is 316 g/mol. The van der Waals surface area contributed by atoms with Gasteiger partial charge in [0.25, 0.3) is 0 Å². The van der Waals surface area contributed by atoms with Crippen molar-refractivity contribution in [2.75, 3.05) is 0 Å². The molecule has 0 unspecified atom stereocenters. The fourth-order valence-corrected chi connectivity index (χ4v) is 2.84. The van der Waals surface area contributed by atoms with E-state index >= 15 is 0 Å². The molecular formula is C16H11ClN4O2. The molecule has 2 aromatic carbocycles. The number of fused-ring (bicyclic) bond motifs is 1. The highest BCUT2D eigenvalue weighted by molar-refractivity contribution is 6.36. The molecule has 2 N–H and O–H groups in total. The number of rotatable bonds is 2.